The molecule has 0 aliphatic heterocycles. The summed E-state index contributed by atoms with van der Waals surface area (Å²) in [6, 6.07) is 4.29. The zero-order valence-corrected chi connectivity index (χ0v) is 12.4. The molecular weight excluding hydrogens is 265 g/mol. The minimum Gasteiger partial charge on any atom is -0.351 e. The van der Waals surface area contributed by atoms with E-state index in [-0.39, 0.29) is 23.0 Å². The minimum atomic E-state index is -0.471. The average molecular weight is 283 g/mol. The monoisotopic (exact) mass is 283 g/mol. The summed E-state index contributed by atoms with van der Waals surface area (Å²) in [7, 11) is 0. The predicted octanol–water partition coefficient (Wildman–Crippen LogP) is 3.04. The first-order chi connectivity index (χ1) is 8.69. The normalized spacial score (nSPS) is 11.2. The van der Waals surface area contributed by atoms with E-state index in [1.807, 2.05) is 20.8 Å². The number of carbonyl (C=O) groups excluding carboxylic acids is 2. The van der Waals surface area contributed by atoms with Crippen LogP contribution in [0.1, 0.15) is 38.1 Å². The van der Waals surface area contributed by atoms with Gasteiger partial charge in [-0.15, -0.1) is 11.8 Å². The van der Waals surface area contributed by atoms with Crippen molar-refractivity contribution in [2.24, 2.45) is 0 Å². The number of benzene rings is 1. The van der Waals surface area contributed by atoms with E-state index in [1.165, 1.54) is 19.1 Å². The topological polar surface area (TPSA) is 46.2 Å². The van der Waals surface area contributed by atoms with E-state index in [4.69, 9.17) is 0 Å². The Hall–Kier alpha value is -1.36. The van der Waals surface area contributed by atoms with Gasteiger partial charge in [-0.05, 0) is 39.8 Å². The zero-order chi connectivity index (χ0) is 14.6. The van der Waals surface area contributed by atoms with Crippen molar-refractivity contribution in [2.75, 3.05) is 5.75 Å². The molecule has 19 heavy (non-hydrogen) atoms. The fraction of sp³-hybridized carbons (Fsp3) is 0.429. The van der Waals surface area contributed by atoms with Gasteiger partial charge in [0.2, 0.25) is 5.91 Å². The maximum absolute atomic E-state index is 13.7. The Morgan fingerprint density at radius 1 is 1.32 bits per heavy atom. The van der Waals surface area contributed by atoms with E-state index in [0.717, 1.165) is 11.8 Å². The largest absolute Gasteiger partial charge is 0.351 e. The third-order valence-corrected chi connectivity index (χ3v) is 3.26. The van der Waals surface area contributed by atoms with Gasteiger partial charge in [-0.3, -0.25) is 9.59 Å². The molecule has 104 valence electrons. The summed E-state index contributed by atoms with van der Waals surface area (Å²) in [4.78, 5) is 23.1. The van der Waals surface area contributed by atoms with Crippen molar-refractivity contribution in [1.82, 2.24) is 5.32 Å². The second-order valence-electron chi connectivity index (χ2n) is 5.29. The summed E-state index contributed by atoms with van der Waals surface area (Å²) in [5.74, 6) is -0.650. The first kappa shape index (κ1) is 15.7. The van der Waals surface area contributed by atoms with E-state index < -0.39 is 5.82 Å². The lowest BCUT2D eigenvalue weighted by Crippen LogP contribution is -2.41. The van der Waals surface area contributed by atoms with Crippen LogP contribution in [0.15, 0.2) is 23.1 Å². The maximum Gasteiger partial charge on any atom is 0.230 e. The number of amides is 1. The number of thioether (sulfide) groups is 1. The quantitative estimate of drug-likeness (QED) is 0.682. The van der Waals surface area contributed by atoms with Crippen molar-refractivity contribution in [2.45, 2.75) is 38.1 Å². The van der Waals surface area contributed by atoms with Crippen LogP contribution in [0, 0.1) is 5.82 Å². The van der Waals surface area contributed by atoms with Gasteiger partial charge in [0, 0.05) is 16.0 Å². The van der Waals surface area contributed by atoms with E-state index in [2.05, 4.69) is 5.32 Å². The number of rotatable bonds is 4. The molecule has 0 aliphatic rings. The fourth-order valence-corrected chi connectivity index (χ4v) is 2.15. The van der Waals surface area contributed by atoms with Crippen molar-refractivity contribution >= 4 is 23.5 Å². The van der Waals surface area contributed by atoms with Crippen LogP contribution in [0.5, 0.6) is 0 Å². The first-order valence-corrected chi connectivity index (χ1v) is 6.92. The van der Waals surface area contributed by atoms with Gasteiger partial charge in [0.25, 0.3) is 0 Å². The summed E-state index contributed by atoms with van der Waals surface area (Å²) in [6.45, 7) is 7.05. The molecule has 0 saturated carbocycles. The van der Waals surface area contributed by atoms with Crippen LogP contribution in [-0.2, 0) is 4.79 Å². The molecule has 0 aliphatic carbocycles. The van der Waals surface area contributed by atoms with Gasteiger partial charge in [0.1, 0.15) is 5.82 Å². The first-order valence-electron chi connectivity index (χ1n) is 5.93. The van der Waals surface area contributed by atoms with Crippen molar-refractivity contribution in [3.63, 3.8) is 0 Å². The number of ketones is 1. The molecular formula is C14H18FNO2S. The number of hydrogen-bond donors (Lipinski definition) is 1. The lowest BCUT2D eigenvalue weighted by molar-refractivity contribution is -0.119. The van der Waals surface area contributed by atoms with E-state index in [1.54, 1.807) is 6.07 Å². The van der Waals surface area contributed by atoms with Crippen molar-refractivity contribution < 1.29 is 14.0 Å². The Morgan fingerprint density at radius 3 is 2.42 bits per heavy atom. The lowest BCUT2D eigenvalue weighted by atomic mass is 10.1. The zero-order valence-electron chi connectivity index (χ0n) is 11.5. The molecule has 1 amide bonds. The number of halogens is 1. The lowest BCUT2D eigenvalue weighted by Gasteiger charge is -2.20. The molecule has 0 unspecified atom stereocenters. The number of hydrogen-bond acceptors (Lipinski definition) is 3. The standard InChI is InChI=1S/C14H18FNO2S/c1-9(17)10-5-6-12(11(15)7-10)19-8-13(18)16-14(2,3)4/h5-7H,8H2,1-4H3,(H,16,18). The Labute approximate surface area is 117 Å². The predicted molar refractivity (Wildman–Crippen MR) is 75.0 cm³/mol. The number of Topliss-reactive ketones (excluding diaryl/α,β-unsaturated/α-hetero) is 1. The van der Waals surface area contributed by atoms with E-state index in [0.29, 0.717) is 10.5 Å². The van der Waals surface area contributed by atoms with Crippen molar-refractivity contribution in [1.29, 1.82) is 0 Å². The maximum atomic E-state index is 13.7. The second-order valence-corrected chi connectivity index (χ2v) is 6.31. The molecule has 0 spiro atoms. The highest BCUT2D eigenvalue weighted by Crippen LogP contribution is 2.22. The number of carbonyl (C=O) groups is 2. The molecule has 0 bridgehead atoms. The molecule has 0 fully saturated rings. The summed E-state index contributed by atoms with van der Waals surface area (Å²) in [5.41, 5.74) is 0.0373. The van der Waals surface area contributed by atoms with E-state index >= 15 is 0 Å². The van der Waals surface area contributed by atoms with Crippen molar-refractivity contribution in [3.8, 4) is 0 Å². The van der Waals surface area contributed by atoms with Crippen LogP contribution in [0.3, 0.4) is 0 Å². The fourth-order valence-electron chi connectivity index (χ4n) is 1.43. The highest BCUT2D eigenvalue weighted by molar-refractivity contribution is 8.00. The second kappa shape index (κ2) is 6.19. The number of nitrogens with one attached hydrogen (secondary N) is 1. The van der Waals surface area contributed by atoms with Crippen LogP contribution in [0.4, 0.5) is 4.39 Å². The summed E-state index contributed by atoms with van der Waals surface area (Å²) >= 11 is 1.12. The highest BCUT2D eigenvalue weighted by atomic mass is 32.2. The van der Waals surface area contributed by atoms with Gasteiger partial charge in [-0.1, -0.05) is 6.07 Å². The molecule has 3 nitrogen and oxygen atoms in total. The summed E-state index contributed by atoms with van der Waals surface area (Å²) in [5, 5.41) is 2.80. The van der Waals surface area contributed by atoms with Crippen LogP contribution in [-0.4, -0.2) is 23.0 Å². The average Bonchev–Trinajstić information content (AvgIpc) is 2.24. The molecule has 0 heterocycles. The van der Waals surface area contributed by atoms with Crippen LogP contribution in [0.2, 0.25) is 0 Å². The summed E-state index contributed by atoms with van der Waals surface area (Å²) in [6.07, 6.45) is 0. The SMILES string of the molecule is CC(=O)c1ccc(SCC(=O)NC(C)(C)C)c(F)c1. The van der Waals surface area contributed by atoms with Gasteiger partial charge in [0.05, 0.1) is 5.75 Å². The van der Waals surface area contributed by atoms with Gasteiger partial charge < -0.3 is 5.32 Å². The smallest absolute Gasteiger partial charge is 0.230 e. The molecule has 1 aromatic rings. The van der Waals surface area contributed by atoms with Gasteiger partial charge >= 0.3 is 0 Å². The molecule has 0 atom stereocenters. The van der Waals surface area contributed by atoms with E-state index in [9.17, 15) is 14.0 Å². The molecule has 0 aromatic heterocycles. The Bertz CT molecular complexity index is 495. The van der Waals surface area contributed by atoms with Crippen molar-refractivity contribution in [3.05, 3.63) is 29.6 Å². The van der Waals surface area contributed by atoms with Gasteiger partial charge in [-0.2, -0.15) is 0 Å². The van der Waals surface area contributed by atoms with Gasteiger partial charge in [0.15, 0.2) is 5.78 Å². The highest BCUT2D eigenvalue weighted by Gasteiger charge is 2.14. The molecule has 5 heteroatoms. The Morgan fingerprint density at radius 2 is 1.95 bits per heavy atom. The Kier molecular flexibility index (Phi) is 5.11. The molecule has 1 rings (SSSR count). The third-order valence-electron chi connectivity index (χ3n) is 2.21. The van der Waals surface area contributed by atoms with Crippen LogP contribution < -0.4 is 5.32 Å². The molecule has 0 saturated heterocycles. The summed E-state index contributed by atoms with van der Waals surface area (Å²) < 4.78 is 13.7. The minimum absolute atomic E-state index is 0.146. The molecule has 1 aromatic carbocycles. The third kappa shape index (κ3) is 5.42. The van der Waals surface area contributed by atoms with Crippen LogP contribution >= 0.6 is 11.8 Å². The van der Waals surface area contributed by atoms with Gasteiger partial charge in [-0.25, -0.2) is 4.39 Å². The molecule has 0 radical (unpaired) electrons. The molecule has 1 N–H and O–H groups in total. The Balaban J connectivity index is 2.64. The van der Waals surface area contributed by atoms with Crippen LogP contribution in [0.25, 0.3) is 0 Å².